The van der Waals surface area contributed by atoms with Crippen molar-refractivity contribution in [2.24, 2.45) is 0 Å². The van der Waals surface area contributed by atoms with Gasteiger partial charge in [0, 0.05) is 32.4 Å². The number of carbonyl (C=O) groups excluding carboxylic acids is 2. The fourth-order valence-electron chi connectivity index (χ4n) is 2.60. The van der Waals surface area contributed by atoms with Gasteiger partial charge in [-0.05, 0) is 24.3 Å². The van der Waals surface area contributed by atoms with E-state index in [0.717, 1.165) is 0 Å². The SMILES string of the molecule is O=C(COc1ccccc1F)N1CCN(C(=O)c2ccccn2)CC1. The van der Waals surface area contributed by atoms with Gasteiger partial charge in [-0.15, -0.1) is 0 Å². The zero-order valence-electron chi connectivity index (χ0n) is 13.6. The van der Waals surface area contributed by atoms with Crippen molar-refractivity contribution in [2.45, 2.75) is 0 Å². The van der Waals surface area contributed by atoms with Crippen LogP contribution in [-0.4, -0.2) is 59.4 Å². The number of pyridine rings is 1. The van der Waals surface area contributed by atoms with E-state index in [1.54, 1.807) is 46.3 Å². The highest BCUT2D eigenvalue weighted by molar-refractivity contribution is 5.92. The van der Waals surface area contributed by atoms with E-state index in [1.807, 2.05) is 0 Å². The molecule has 1 fully saturated rings. The average Bonchev–Trinajstić information content (AvgIpc) is 2.67. The molecule has 0 radical (unpaired) electrons. The summed E-state index contributed by atoms with van der Waals surface area (Å²) in [5.41, 5.74) is 0.394. The molecule has 1 aliphatic heterocycles. The van der Waals surface area contributed by atoms with Gasteiger partial charge in [-0.25, -0.2) is 4.39 Å². The Morgan fingerprint density at radius 3 is 2.36 bits per heavy atom. The minimum Gasteiger partial charge on any atom is -0.481 e. The highest BCUT2D eigenvalue weighted by atomic mass is 19.1. The standard InChI is InChI=1S/C18H18FN3O3/c19-14-5-1-2-7-16(14)25-13-17(23)21-9-11-22(12-10-21)18(24)15-6-3-4-8-20-15/h1-8H,9-13H2. The lowest BCUT2D eigenvalue weighted by atomic mass is 10.2. The molecule has 0 spiro atoms. The highest BCUT2D eigenvalue weighted by Gasteiger charge is 2.25. The zero-order valence-corrected chi connectivity index (χ0v) is 13.6. The first-order valence-corrected chi connectivity index (χ1v) is 8.00. The molecule has 2 aromatic rings. The quantitative estimate of drug-likeness (QED) is 0.846. The molecule has 6 nitrogen and oxygen atoms in total. The maximum Gasteiger partial charge on any atom is 0.272 e. The molecular formula is C18H18FN3O3. The van der Waals surface area contributed by atoms with Crippen molar-refractivity contribution >= 4 is 11.8 Å². The smallest absolute Gasteiger partial charge is 0.272 e. The number of rotatable bonds is 4. The van der Waals surface area contributed by atoms with E-state index in [9.17, 15) is 14.0 Å². The number of benzene rings is 1. The average molecular weight is 343 g/mol. The monoisotopic (exact) mass is 343 g/mol. The first-order valence-electron chi connectivity index (χ1n) is 8.00. The van der Waals surface area contributed by atoms with Gasteiger partial charge in [0.25, 0.3) is 11.8 Å². The molecule has 0 unspecified atom stereocenters. The Morgan fingerprint density at radius 2 is 1.68 bits per heavy atom. The van der Waals surface area contributed by atoms with Crippen LogP contribution in [0.2, 0.25) is 0 Å². The summed E-state index contributed by atoms with van der Waals surface area (Å²) >= 11 is 0. The predicted molar refractivity (Wildman–Crippen MR) is 88.6 cm³/mol. The third-order valence-corrected chi connectivity index (χ3v) is 3.99. The Labute approximate surface area is 144 Å². The van der Waals surface area contributed by atoms with Gasteiger partial charge >= 0.3 is 0 Å². The largest absolute Gasteiger partial charge is 0.481 e. The summed E-state index contributed by atoms with van der Waals surface area (Å²) in [6.45, 7) is 1.47. The van der Waals surface area contributed by atoms with E-state index in [-0.39, 0.29) is 24.2 Å². The summed E-state index contributed by atoms with van der Waals surface area (Å²) in [4.78, 5) is 31.8. The van der Waals surface area contributed by atoms with Gasteiger partial charge in [-0.3, -0.25) is 14.6 Å². The molecule has 1 saturated heterocycles. The number of para-hydroxylation sites is 1. The normalized spacial score (nSPS) is 14.3. The molecule has 0 N–H and O–H groups in total. The summed E-state index contributed by atoms with van der Waals surface area (Å²) in [7, 11) is 0. The molecule has 1 aromatic heterocycles. The lowest BCUT2D eigenvalue weighted by Crippen LogP contribution is -2.51. The van der Waals surface area contributed by atoms with Crippen LogP contribution in [0.25, 0.3) is 0 Å². The minimum atomic E-state index is -0.499. The van der Waals surface area contributed by atoms with Crippen molar-refractivity contribution in [3.63, 3.8) is 0 Å². The highest BCUT2D eigenvalue weighted by Crippen LogP contribution is 2.15. The van der Waals surface area contributed by atoms with Crippen LogP contribution in [0.1, 0.15) is 10.5 Å². The first-order chi connectivity index (χ1) is 12.1. The van der Waals surface area contributed by atoms with Gasteiger partial charge in [0.2, 0.25) is 0 Å². The van der Waals surface area contributed by atoms with Gasteiger partial charge < -0.3 is 14.5 Å². The van der Waals surface area contributed by atoms with E-state index < -0.39 is 5.82 Å². The van der Waals surface area contributed by atoms with E-state index in [2.05, 4.69) is 4.98 Å². The predicted octanol–water partition coefficient (Wildman–Crippen LogP) is 1.58. The molecule has 1 aromatic carbocycles. The van der Waals surface area contributed by atoms with E-state index >= 15 is 0 Å². The Hall–Kier alpha value is -2.96. The van der Waals surface area contributed by atoms with Crippen LogP contribution in [-0.2, 0) is 4.79 Å². The van der Waals surface area contributed by atoms with Crippen molar-refractivity contribution in [3.05, 3.63) is 60.2 Å². The van der Waals surface area contributed by atoms with Crippen LogP contribution >= 0.6 is 0 Å². The summed E-state index contributed by atoms with van der Waals surface area (Å²) in [6, 6.07) is 11.1. The van der Waals surface area contributed by atoms with Gasteiger partial charge in [-0.1, -0.05) is 18.2 Å². The number of hydrogen-bond donors (Lipinski definition) is 0. The fraction of sp³-hybridized carbons (Fsp3) is 0.278. The van der Waals surface area contributed by atoms with Gasteiger partial charge in [0.15, 0.2) is 18.2 Å². The van der Waals surface area contributed by atoms with Crippen molar-refractivity contribution in [2.75, 3.05) is 32.8 Å². The summed E-state index contributed by atoms with van der Waals surface area (Å²) < 4.78 is 18.7. The maximum absolute atomic E-state index is 13.5. The number of nitrogens with zero attached hydrogens (tertiary/aromatic N) is 3. The van der Waals surface area contributed by atoms with Crippen LogP contribution < -0.4 is 4.74 Å². The molecule has 3 rings (SSSR count). The van der Waals surface area contributed by atoms with Crippen LogP contribution in [0.4, 0.5) is 4.39 Å². The van der Waals surface area contributed by atoms with E-state index in [4.69, 9.17) is 4.74 Å². The topological polar surface area (TPSA) is 62.7 Å². The van der Waals surface area contributed by atoms with Gasteiger partial charge in [0.05, 0.1) is 0 Å². The first kappa shape index (κ1) is 16.9. The van der Waals surface area contributed by atoms with Crippen LogP contribution in [0.15, 0.2) is 48.7 Å². The molecular weight excluding hydrogens is 325 g/mol. The number of piperazine rings is 1. The molecule has 130 valence electrons. The van der Waals surface area contributed by atoms with Crippen LogP contribution in [0.3, 0.4) is 0 Å². The van der Waals surface area contributed by atoms with Crippen LogP contribution in [0.5, 0.6) is 5.75 Å². The maximum atomic E-state index is 13.5. The Bertz CT molecular complexity index is 746. The molecule has 0 bridgehead atoms. The number of hydrogen-bond acceptors (Lipinski definition) is 4. The molecule has 2 heterocycles. The second kappa shape index (κ2) is 7.74. The van der Waals surface area contributed by atoms with E-state index in [1.165, 1.54) is 12.1 Å². The lowest BCUT2D eigenvalue weighted by Gasteiger charge is -2.34. The Kier molecular flexibility index (Phi) is 5.23. The summed E-state index contributed by atoms with van der Waals surface area (Å²) in [5.74, 6) is -0.815. The Balaban J connectivity index is 1.49. The zero-order chi connectivity index (χ0) is 17.6. The van der Waals surface area contributed by atoms with Crippen LogP contribution in [0, 0.1) is 5.82 Å². The third kappa shape index (κ3) is 4.12. The number of carbonyl (C=O) groups is 2. The second-order valence-corrected chi connectivity index (χ2v) is 5.61. The molecule has 2 amide bonds. The van der Waals surface area contributed by atoms with Gasteiger partial charge in [-0.2, -0.15) is 0 Å². The van der Waals surface area contributed by atoms with Crippen molar-refractivity contribution in [3.8, 4) is 5.75 Å². The molecule has 0 atom stereocenters. The van der Waals surface area contributed by atoms with Crippen molar-refractivity contribution in [1.82, 2.24) is 14.8 Å². The van der Waals surface area contributed by atoms with Crippen molar-refractivity contribution in [1.29, 1.82) is 0 Å². The summed E-state index contributed by atoms with van der Waals surface area (Å²) in [6.07, 6.45) is 1.58. The molecule has 0 aliphatic carbocycles. The lowest BCUT2D eigenvalue weighted by molar-refractivity contribution is -0.134. The number of amides is 2. The number of ether oxygens (including phenoxy) is 1. The molecule has 25 heavy (non-hydrogen) atoms. The molecule has 1 aliphatic rings. The molecule has 0 saturated carbocycles. The number of aromatic nitrogens is 1. The summed E-state index contributed by atoms with van der Waals surface area (Å²) in [5, 5.41) is 0. The van der Waals surface area contributed by atoms with Crippen molar-refractivity contribution < 1.29 is 18.7 Å². The third-order valence-electron chi connectivity index (χ3n) is 3.99. The molecule has 7 heteroatoms. The Morgan fingerprint density at radius 1 is 1.00 bits per heavy atom. The van der Waals surface area contributed by atoms with Gasteiger partial charge in [0.1, 0.15) is 5.69 Å². The minimum absolute atomic E-state index is 0.0554. The van der Waals surface area contributed by atoms with E-state index in [0.29, 0.717) is 31.9 Å². The number of halogens is 1. The second-order valence-electron chi connectivity index (χ2n) is 5.61. The fourth-order valence-corrected chi connectivity index (χ4v) is 2.60.